The fourth-order valence-corrected chi connectivity index (χ4v) is 3.98. The van der Waals surface area contributed by atoms with E-state index < -0.39 is 0 Å². The number of hydrogen-bond acceptors (Lipinski definition) is 2. The van der Waals surface area contributed by atoms with Crippen LogP contribution in [-0.4, -0.2) is 10.5 Å². The second kappa shape index (κ2) is 4.78. The number of nitrogens with zero attached hydrogens (tertiary/aromatic N) is 1. The summed E-state index contributed by atoms with van der Waals surface area (Å²) in [5.41, 5.74) is 0.486. The maximum atomic E-state index is 9.30. The Morgan fingerprint density at radius 2 is 1.80 bits per heavy atom. The minimum atomic E-state index is -0.0453. The van der Waals surface area contributed by atoms with E-state index in [9.17, 15) is 5.26 Å². The summed E-state index contributed by atoms with van der Waals surface area (Å²) in [4.78, 5) is 0. The molecule has 1 rings (SSSR count). The Kier molecular flexibility index (Phi) is 4.12. The predicted molar refractivity (Wildman–Crippen MR) is 67.9 cm³/mol. The lowest BCUT2D eigenvalue weighted by Crippen LogP contribution is -2.48. The van der Waals surface area contributed by atoms with Crippen LogP contribution in [0.15, 0.2) is 0 Å². The van der Waals surface area contributed by atoms with Gasteiger partial charge >= 0.3 is 0 Å². The van der Waals surface area contributed by atoms with Crippen molar-refractivity contribution in [1.29, 1.82) is 5.26 Å². The minimum Gasteiger partial charge on any atom is -0.197 e. The molecule has 0 heterocycles. The zero-order valence-electron chi connectivity index (χ0n) is 10.5. The molecule has 0 saturated heterocycles. The molecule has 0 aromatic rings. The number of thioether (sulfide) groups is 1. The van der Waals surface area contributed by atoms with Crippen LogP contribution in [0.4, 0.5) is 0 Å². The molecule has 0 bridgehead atoms. The predicted octanol–water partition coefficient (Wildman–Crippen LogP) is 4.24. The summed E-state index contributed by atoms with van der Waals surface area (Å²) in [5.74, 6) is 1.82. The molecule has 1 saturated carbocycles. The van der Waals surface area contributed by atoms with Gasteiger partial charge in [-0.25, -0.2) is 0 Å². The van der Waals surface area contributed by atoms with Gasteiger partial charge in [0.2, 0.25) is 0 Å². The minimum absolute atomic E-state index is 0.0453. The van der Waals surface area contributed by atoms with Gasteiger partial charge in [-0.3, -0.25) is 0 Å². The summed E-state index contributed by atoms with van der Waals surface area (Å²) >= 11 is 1.89. The molecule has 1 nitrogen and oxygen atoms in total. The van der Waals surface area contributed by atoms with Crippen molar-refractivity contribution in [3.8, 4) is 6.07 Å². The highest BCUT2D eigenvalue weighted by Crippen LogP contribution is 2.59. The van der Waals surface area contributed by atoms with Gasteiger partial charge in [0.15, 0.2) is 0 Å². The average molecular weight is 225 g/mol. The van der Waals surface area contributed by atoms with E-state index in [0.29, 0.717) is 11.3 Å². The van der Waals surface area contributed by atoms with Crippen LogP contribution in [-0.2, 0) is 0 Å². The maximum absolute atomic E-state index is 9.30. The first kappa shape index (κ1) is 12.9. The molecule has 0 unspecified atom stereocenters. The first-order chi connectivity index (χ1) is 7.01. The molecule has 1 aliphatic rings. The van der Waals surface area contributed by atoms with Gasteiger partial charge < -0.3 is 0 Å². The lowest BCUT2D eigenvalue weighted by Gasteiger charge is -2.52. The number of rotatable bonds is 5. The molecule has 2 heteroatoms. The molecule has 0 radical (unpaired) electrons. The number of nitriles is 1. The molecule has 0 N–H and O–H groups in total. The van der Waals surface area contributed by atoms with Crippen molar-refractivity contribution in [2.75, 3.05) is 5.75 Å². The lowest BCUT2D eigenvalue weighted by molar-refractivity contribution is 0.0983. The zero-order valence-corrected chi connectivity index (χ0v) is 11.3. The van der Waals surface area contributed by atoms with Crippen molar-refractivity contribution in [1.82, 2.24) is 0 Å². The van der Waals surface area contributed by atoms with E-state index in [1.165, 1.54) is 12.8 Å². The fraction of sp³-hybridized carbons (Fsp3) is 0.923. The molecule has 86 valence electrons. The summed E-state index contributed by atoms with van der Waals surface area (Å²) in [6, 6.07) is 2.56. The summed E-state index contributed by atoms with van der Waals surface area (Å²) in [5, 5.41) is 9.30. The summed E-state index contributed by atoms with van der Waals surface area (Å²) in [7, 11) is 0. The van der Waals surface area contributed by atoms with Crippen LogP contribution in [0.25, 0.3) is 0 Å². The van der Waals surface area contributed by atoms with Crippen molar-refractivity contribution >= 4 is 11.8 Å². The van der Waals surface area contributed by atoms with Crippen molar-refractivity contribution in [3.05, 3.63) is 0 Å². The van der Waals surface area contributed by atoms with Gasteiger partial charge in [0.25, 0.3) is 0 Å². The van der Waals surface area contributed by atoms with E-state index in [1.54, 1.807) is 0 Å². The Morgan fingerprint density at radius 1 is 1.27 bits per heavy atom. The largest absolute Gasteiger partial charge is 0.197 e. The Morgan fingerprint density at radius 3 is 2.13 bits per heavy atom. The third-order valence-electron chi connectivity index (χ3n) is 3.72. The van der Waals surface area contributed by atoms with Crippen molar-refractivity contribution in [2.45, 2.75) is 58.1 Å². The molecule has 0 aromatic heterocycles. The second-order valence-corrected chi connectivity index (χ2v) is 6.78. The fourth-order valence-electron chi connectivity index (χ4n) is 2.45. The van der Waals surface area contributed by atoms with Crippen molar-refractivity contribution < 1.29 is 0 Å². The Hall–Kier alpha value is -0.160. The van der Waals surface area contributed by atoms with Crippen LogP contribution < -0.4 is 0 Å². The average Bonchev–Trinajstić information content (AvgIpc) is 2.18. The molecular weight excluding hydrogens is 202 g/mol. The summed E-state index contributed by atoms with van der Waals surface area (Å²) < 4.78 is -0.0453. The topological polar surface area (TPSA) is 23.8 Å². The van der Waals surface area contributed by atoms with E-state index in [2.05, 4.69) is 33.8 Å². The highest BCUT2D eigenvalue weighted by atomic mass is 32.2. The molecule has 0 spiro atoms. The third-order valence-corrected chi connectivity index (χ3v) is 5.48. The van der Waals surface area contributed by atoms with E-state index >= 15 is 0 Å². The Labute approximate surface area is 98.6 Å². The first-order valence-corrected chi connectivity index (χ1v) is 7.05. The molecule has 0 aliphatic heterocycles. The van der Waals surface area contributed by atoms with Gasteiger partial charge in [-0.15, -0.1) is 11.8 Å². The van der Waals surface area contributed by atoms with Gasteiger partial charge in [0.05, 0.1) is 6.07 Å². The van der Waals surface area contributed by atoms with Crippen LogP contribution in [0, 0.1) is 22.7 Å². The van der Waals surface area contributed by atoms with Crippen LogP contribution in [0.5, 0.6) is 0 Å². The van der Waals surface area contributed by atoms with E-state index in [-0.39, 0.29) is 4.75 Å². The van der Waals surface area contributed by atoms with Crippen LogP contribution in [0.2, 0.25) is 0 Å². The van der Waals surface area contributed by atoms with Gasteiger partial charge in [0, 0.05) is 0 Å². The highest BCUT2D eigenvalue weighted by Gasteiger charge is 2.53. The van der Waals surface area contributed by atoms with Gasteiger partial charge in [0.1, 0.15) is 4.75 Å². The smallest absolute Gasteiger partial charge is 0.103 e. The molecule has 0 atom stereocenters. The monoisotopic (exact) mass is 225 g/mol. The maximum Gasteiger partial charge on any atom is 0.103 e. The van der Waals surface area contributed by atoms with Crippen LogP contribution >= 0.6 is 11.8 Å². The lowest BCUT2D eigenvalue weighted by atomic mass is 9.59. The molecule has 15 heavy (non-hydrogen) atoms. The Balaban J connectivity index is 2.52. The van der Waals surface area contributed by atoms with Gasteiger partial charge in [-0.1, -0.05) is 40.5 Å². The van der Waals surface area contributed by atoms with Gasteiger partial charge in [-0.05, 0) is 29.9 Å². The highest BCUT2D eigenvalue weighted by molar-refractivity contribution is 8.00. The SMILES string of the molecule is CCC1(CC)CC(C#N)(SCC(C)C)C1. The molecule has 0 aromatic carbocycles. The number of hydrogen-bond donors (Lipinski definition) is 0. The first-order valence-electron chi connectivity index (χ1n) is 6.06. The molecule has 0 amide bonds. The van der Waals surface area contributed by atoms with Crippen molar-refractivity contribution in [3.63, 3.8) is 0 Å². The van der Waals surface area contributed by atoms with E-state index in [4.69, 9.17) is 0 Å². The van der Waals surface area contributed by atoms with E-state index in [1.807, 2.05) is 11.8 Å². The summed E-state index contributed by atoms with van der Waals surface area (Å²) in [6.45, 7) is 8.98. The quantitative estimate of drug-likeness (QED) is 0.699. The van der Waals surface area contributed by atoms with Crippen LogP contribution in [0.3, 0.4) is 0 Å². The normalized spacial score (nSPS) is 22.1. The van der Waals surface area contributed by atoms with Crippen LogP contribution in [0.1, 0.15) is 53.4 Å². The van der Waals surface area contributed by atoms with Gasteiger partial charge in [-0.2, -0.15) is 5.26 Å². The standard InChI is InChI=1S/C13H23NS/c1-5-12(6-2)8-13(9-12,10-14)15-7-11(3)4/h11H,5-9H2,1-4H3. The summed E-state index contributed by atoms with van der Waals surface area (Å²) in [6.07, 6.45) is 4.69. The zero-order chi connectivity index (χ0) is 11.5. The molecule has 1 fully saturated rings. The van der Waals surface area contributed by atoms with Crippen molar-refractivity contribution in [2.24, 2.45) is 11.3 Å². The van der Waals surface area contributed by atoms with E-state index in [0.717, 1.165) is 18.6 Å². The third kappa shape index (κ3) is 2.69. The molecule has 1 aliphatic carbocycles. The Bertz CT molecular complexity index is 240. The second-order valence-electron chi connectivity index (χ2n) is 5.37. The molecular formula is C13H23NS.